The van der Waals surface area contributed by atoms with Crippen molar-refractivity contribution in [2.24, 2.45) is 0 Å². The molecule has 1 atom stereocenters. The molecule has 1 aromatic rings. The molecule has 1 aliphatic heterocycles. The van der Waals surface area contributed by atoms with Crippen molar-refractivity contribution in [1.29, 1.82) is 0 Å². The standard InChI is InChI=1S/C16H20ClNO3/c1-3-7-16(15(20)21)8-4-9-18(16)14(19)12-5-6-13(17)11(2)10-12/h5-6,10H,3-4,7-9H2,1-2H3,(H,20,21). The van der Waals surface area contributed by atoms with Gasteiger partial charge in [0.05, 0.1) is 0 Å². The van der Waals surface area contributed by atoms with E-state index < -0.39 is 11.5 Å². The van der Waals surface area contributed by atoms with E-state index in [0.29, 0.717) is 30.0 Å². The molecular formula is C16H20ClNO3. The highest BCUT2D eigenvalue weighted by molar-refractivity contribution is 6.31. The minimum atomic E-state index is -1.06. The summed E-state index contributed by atoms with van der Waals surface area (Å²) in [6.07, 6.45) is 2.47. The van der Waals surface area contributed by atoms with Crippen LogP contribution in [0.5, 0.6) is 0 Å². The number of rotatable bonds is 4. The van der Waals surface area contributed by atoms with Crippen molar-refractivity contribution >= 4 is 23.5 Å². The topological polar surface area (TPSA) is 57.6 Å². The highest BCUT2D eigenvalue weighted by Crippen LogP contribution is 2.35. The Morgan fingerprint density at radius 3 is 2.71 bits per heavy atom. The van der Waals surface area contributed by atoms with Crippen LogP contribution >= 0.6 is 11.6 Å². The van der Waals surface area contributed by atoms with Crippen LogP contribution in [0.4, 0.5) is 0 Å². The summed E-state index contributed by atoms with van der Waals surface area (Å²) in [7, 11) is 0. The second kappa shape index (κ2) is 6.06. The summed E-state index contributed by atoms with van der Waals surface area (Å²) < 4.78 is 0. The van der Waals surface area contributed by atoms with Gasteiger partial charge in [-0.2, -0.15) is 0 Å². The van der Waals surface area contributed by atoms with Crippen molar-refractivity contribution in [1.82, 2.24) is 4.90 Å². The monoisotopic (exact) mass is 309 g/mol. The van der Waals surface area contributed by atoms with Crippen molar-refractivity contribution in [2.75, 3.05) is 6.54 Å². The molecule has 1 amide bonds. The van der Waals surface area contributed by atoms with E-state index in [1.807, 2.05) is 13.8 Å². The third-order valence-electron chi connectivity index (χ3n) is 4.20. The molecule has 4 nitrogen and oxygen atoms in total. The number of benzene rings is 1. The second-order valence-electron chi connectivity index (χ2n) is 5.61. The zero-order valence-corrected chi connectivity index (χ0v) is 13.1. The Hall–Kier alpha value is -1.55. The summed E-state index contributed by atoms with van der Waals surface area (Å²) in [5.41, 5.74) is 0.262. The van der Waals surface area contributed by atoms with Crippen molar-refractivity contribution in [3.05, 3.63) is 34.3 Å². The molecule has 0 saturated carbocycles. The maximum Gasteiger partial charge on any atom is 0.329 e. The summed E-state index contributed by atoms with van der Waals surface area (Å²) in [6, 6.07) is 5.07. The lowest BCUT2D eigenvalue weighted by Gasteiger charge is -2.34. The molecule has 1 heterocycles. The highest BCUT2D eigenvalue weighted by Gasteiger charge is 2.49. The number of amides is 1. The van der Waals surface area contributed by atoms with Crippen LogP contribution in [-0.2, 0) is 4.79 Å². The molecule has 0 radical (unpaired) electrons. The number of nitrogens with zero attached hydrogens (tertiary/aromatic N) is 1. The van der Waals surface area contributed by atoms with Crippen LogP contribution < -0.4 is 0 Å². The number of aryl methyl sites for hydroxylation is 1. The molecule has 0 bridgehead atoms. The lowest BCUT2D eigenvalue weighted by Crippen LogP contribution is -2.53. The molecule has 1 unspecified atom stereocenters. The summed E-state index contributed by atoms with van der Waals surface area (Å²) >= 11 is 5.98. The van der Waals surface area contributed by atoms with Crippen LogP contribution in [0.3, 0.4) is 0 Å². The molecule has 0 aliphatic carbocycles. The van der Waals surface area contributed by atoms with Gasteiger partial charge in [0.1, 0.15) is 5.54 Å². The fourth-order valence-electron chi connectivity index (χ4n) is 3.11. The van der Waals surface area contributed by atoms with E-state index >= 15 is 0 Å². The third-order valence-corrected chi connectivity index (χ3v) is 4.62. The van der Waals surface area contributed by atoms with Gasteiger partial charge in [0.25, 0.3) is 5.91 Å². The summed E-state index contributed by atoms with van der Waals surface area (Å²) in [5.74, 6) is -1.12. The molecule has 1 fully saturated rings. The molecule has 0 aromatic heterocycles. The number of halogens is 1. The zero-order valence-electron chi connectivity index (χ0n) is 12.4. The van der Waals surface area contributed by atoms with Gasteiger partial charge in [-0.15, -0.1) is 0 Å². The van der Waals surface area contributed by atoms with Crippen LogP contribution in [0.15, 0.2) is 18.2 Å². The molecule has 0 spiro atoms. The SMILES string of the molecule is CCCC1(C(=O)O)CCCN1C(=O)c1ccc(Cl)c(C)c1. The Labute approximate surface area is 129 Å². The summed E-state index contributed by atoms with van der Waals surface area (Å²) in [6.45, 7) is 4.27. The van der Waals surface area contributed by atoms with Gasteiger partial charge in [0.2, 0.25) is 0 Å². The van der Waals surface area contributed by atoms with E-state index in [9.17, 15) is 14.7 Å². The lowest BCUT2D eigenvalue weighted by atomic mass is 9.90. The van der Waals surface area contributed by atoms with Crippen molar-refractivity contribution < 1.29 is 14.7 Å². The largest absolute Gasteiger partial charge is 0.479 e. The van der Waals surface area contributed by atoms with Crippen LogP contribution in [-0.4, -0.2) is 34.0 Å². The Bertz CT molecular complexity index is 573. The van der Waals surface area contributed by atoms with Gasteiger partial charge in [0, 0.05) is 17.1 Å². The van der Waals surface area contributed by atoms with Crippen LogP contribution in [0.1, 0.15) is 48.5 Å². The molecule has 5 heteroatoms. The molecular weight excluding hydrogens is 290 g/mol. The average Bonchev–Trinajstić information content (AvgIpc) is 2.86. The number of carboxylic acid groups (broad SMARTS) is 1. The second-order valence-corrected chi connectivity index (χ2v) is 6.02. The third kappa shape index (κ3) is 2.77. The van der Waals surface area contributed by atoms with Crippen molar-refractivity contribution in [3.63, 3.8) is 0 Å². The Balaban J connectivity index is 2.36. The van der Waals surface area contributed by atoms with Crippen molar-refractivity contribution in [2.45, 2.75) is 45.1 Å². The van der Waals surface area contributed by atoms with Gasteiger partial charge in [-0.25, -0.2) is 4.79 Å². The predicted molar refractivity (Wildman–Crippen MR) is 81.7 cm³/mol. The van der Waals surface area contributed by atoms with Gasteiger partial charge in [-0.1, -0.05) is 24.9 Å². The number of carboxylic acids is 1. The van der Waals surface area contributed by atoms with E-state index in [2.05, 4.69) is 0 Å². The van der Waals surface area contributed by atoms with Gasteiger partial charge >= 0.3 is 5.97 Å². The maximum absolute atomic E-state index is 12.7. The van der Waals surface area contributed by atoms with Gasteiger partial charge in [0.15, 0.2) is 0 Å². The van der Waals surface area contributed by atoms with Crippen LogP contribution in [0.25, 0.3) is 0 Å². The number of carbonyl (C=O) groups excluding carboxylic acids is 1. The maximum atomic E-state index is 12.7. The highest BCUT2D eigenvalue weighted by atomic mass is 35.5. The average molecular weight is 310 g/mol. The molecule has 114 valence electrons. The minimum Gasteiger partial charge on any atom is -0.479 e. The van der Waals surface area contributed by atoms with Crippen LogP contribution in [0, 0.1) is 6.92 Å². The van der Waals surface area contributed by atoms with E-state index in [0.717, 1.165) is 18.4 Å². The van der Waals surface area contributed by atoms with Crippen molar-refractivity contribution in [3.8, 4) is 0 Å². The smallest absolute Gasteiger partial charge is 0.329 e. The predicted octanol–water partition coefficient (Wildman–Crippen LogP) is 3.51. The Kier molecular flexibility index (Phi) is 4.57. The number of carbonyl (C=O) groups is 2. The Morgan fingerprint density at radius 2 is 2.14 bits per heavy atom. The molecule has 21 heavy (non-hydrogen) atoms. The summed E-state index contributed by atoms with van der Waals surface area (Å²) in [5, 5.41) is 10.2. The zero-order chi connectivity index (χ0) is 15.6. The first kappa shape index (κ1) is 15.8. The molecule has 1 N–H and O–H groups in total. The number of hydrogen-bond acceptors (Lipinski definition) is 2. The van der Waals surface area contributed by atoms with Gasteiger partial charge < -0.3 is 10.0 Å². The van der Waals surface area contributed by atoms with Gasteiger partial charge in [-0.3, -0.25) is 4.79 Å². The molecule has 1 aliphatic rings. The molecule has 2 rings (SSSR count). The number of likely N-dealkylation sites (tertiary alicyclic amines) is 1. The van der Waals surface area contributed by atoms with E-state index in [-0.39, 0.29) is 5.91 Å². The molecule has 1 saturated heterocycles. The first-order valence-electron chi connectivity index (χ1n) is 7.24. The van der Waals surface area contributed by atoms with E-state index in [1.165, 1.54) is 4.90 Å². The lowest BCUT2D eigenvalue weighted by molar-refractivity contribution is -0.148. The number of aliphatic carboxylic acids is 1. The fourth-order valence-corrected chi connectivity index (χ4v) is 3.23. The Morgan fingerprint density at radius 1 is 1.43 bits per heavy atom. The van der Waals surface area contributed by atoms with E-state index in [4.69, 9.17) is 11.6 Å². The molecule has 1 aromatic carbocycles. The fraction of sp³-hybridized carbons (Fsp3) is 0.500. The minimum absolute atomic E-state index is 0.219. The normalized spacial score (nSPS) is 21.6. The first-order chi connectivity index (χ1) is 9.92. The first-order valence-corrected chi connectivity index (χ1v) is 7.61. The quantitative estimate of drug-likeness (QED) is 0.926. The van der Waals surface area contributed by atoms with E-state index in [1.54, 1.807) is 18.2 Å². The van der Waals surface area contributed by atoms with Crippen LogP contribution in [0.2, 0.25) is 5.02 Å². The number of hydrogen-bond donors (Lipinski definition) is 1. The van der Waals surface area contributed by atoms with Gasteiger partial charge in [-0.05, 0) is 49.9 Å². The summed E-state index contributed by atoms with van der Waals surface area (Å²) in [4.78, 5) is 26.0.